The minimum atomic E-state index is -1.30. The monoisotopic (exact) mass is 278 g/mol. The first-order valence-corrected chi connectivity index (χ1v) is 6.82. The van der Waals surface area contributed by atoms with E-state index in [9.17, 15) is 9.59 Å². The van der Waals surface area contributed by atoms with Crippen molar-refractivity contribution in [1.29, 1.82) is 0 Å². The number of rotatable bonds is 6. The van der Waals surface area contributed by atoms with Gasteiger partial charge in [-0.05, 0) is 37.0 Å². The maximum absolute atomic E-state index is 11.8. The van der Waals surface area contributed by atoms with Gasteiger partial charge < -0.3 is 15.8 Å². The summed E-state index contributed by atoms with van der Waals surface area (Å²) in [5, 5.41) is 2.60. The summed E-state index contributed by atoms with van der Waals surface area (Å²) in [6.07, 6.45) is 1.05. The Bertz CT molecular complexity index is 457. The zero-order chi connectivity index (χ0) is 15.1. The largest absolute Gasteiger partial charge is 0.464 e. The second kappa shape index (κ2) is 7.65. The molecule has 0 radical (unpaired) electrons. The number of carbonyl (C=O) groups is 2. The molecule has 110 valence electrons. The molecule has 0 aliphatic rings. The SMILES string of the molecule is CCOC(=O)C(N)C(=O)Nc1ccc(C(C)CC)cc1. The van der Waals surface area contributed by atoms with E-state index in [2.05, 4.69) is 19.2 Å². The van der Waals surface area contributed by atoms with Crippen molar-refractivity contribution in [1.82, 2.24) is 0 Å². The smallest absolute Gasteiger partial charge is 0.332 e. The molecular weight excluding hydrogens is 256 g/mol. The normalized spacial score (nSPS) is 13.4. The van der Waals surface area contributed by atoms with E-state index in [4.69, 9.17) is 10.5 Å². The van der Waals surface area contributed by atoms with Gasteiger partial charge in [0, 0.05) is 5.69 Å². The average Bonchev–Trinajstić information content (AvgIpc) is 2.46. The third-order valence-electron chi connectivity index (χ3n) is 3.18. The first kappa shape index (κ1) is 16.2. The zero-order valence-corrected chi connectivity index (χ0v) is 12.2. The fourth-order valence-electron chi connectivity index (χ4n) is 1.69. The summed E-state index contributed by atoms with van der Waals surface area (Å²) in [5.41, 5.74) is 7.33. The maximum atomic E-state index is 11.8. The standard InChI is InChI=1S/C15H22N2O3/c1-4-10(3)11-6-8-12(9-7-11)17-14(18)13(16)15(19)20-5-2/h6-10,13H,4-5,16H2,1-3H3,(H,17,18). The summed E-state index contributed by atoms with van der Waals surface area (Å²) in [6.45, 7) is 6.13. The summed E-state index contributed by atoms with van der Waals surface area (Å²) in [4.78, 5) is 23.1. The van der Waals surface area contributed by atoms with Crippen molar-refractivity contribution in [2.24, 2.45) is 5.73 Å². The Hall–Kier alpha value is -1.88. The first-order valence-electron chi connectivity index (χ1n) is 6.82. The van der Waals surface area contributed by atoms with Gasteiger partial charge in [0.05, 0.1) is 6.61 Å². The van der Waals surface area contributed by atoms with Crippen LogP contribution in [0.5, 0.6) is 0 Å². The van der Waals surface area contributed by atoms with E-state index >= 15 is 0 Å². The topological polar surface area (TPSA) is 81.4 Å². The third kappa shape index (κ3) is 4.35. The van der Waals surface area contributed by atoms with Crippen LogP contribution in [0.25, 0.3) is 0 Å². The summed E-state index contributed by atoms with van der Waals surface area (Å²) >= 11 is 0. The van der Waals surface area contributed by atoms with Crippen LogP contribution in [0.1, 0.15) is 38.7 Å². The number of ether oxygens (including phenoxy) is 1. The van der Waals surface area contributed by atoms with Crippen LogP contribution in [0.2, 0.25) is 0 Å². The molecule has 3 N–H and O–H groups in total. The summed E-state index contributed by atoms with van der Waals surface area (Å²) in [7, 11) is 0. The lowest BCUT2D eigenvalue weighted by molar-refractivity contribution is -0.146. The van der Waals surface area contributed by atoms with Crippen LogP contribution in [0.4, 0.5) is 5.69 Å². The van der Waals surface area contributed by atoms with Crippen LogP contribution in [0, 0.1) is 0 Å². The molecule has 1 aromatic rings. The molecule has 5 nitrogen and oxygen atoms in total. The van der Waals surface area contributed by atoms with Gasteiger partial charge in [-0.3, -0.25) is 4.79 Å². The lowest BCUT2D eigenvalue weighted by atomic mass is 9.98. The second-order valence-electron chi connectivity index (χ2n) is 4.65. The Morgan fingerprint density at radius 3 is 2.35 bits per heavy atom. The van der Waals surface area contributed by atoms with Crippen molar-refractivity contribution in [3.8, 4) is 0 Å². The lowest BCUT2D eigenvalue weighted by Crippen LogP contribution is -2.43. The van der Waals surface area contributed by atoms with Crippen molar-refractivity contribution in [2.45, 2.75) is 39.2 Å². The van der Waals surface area contributed by atoms with E-state index < -0.39 is 17.9 Å². The van der Waals surface area contributed by atoms with Gasteiger partial charge in [0.2, 0.25) is 0 Å². The van der Waals surface area contributed by atoms with E-state index in [0.29, 0.717) is 11.6 Å². The fourth-order valence-corrected chi connectivity index (χ4v) is 1.69. The number of carbonyl (C=O) groups excluding carboxylic acids is 2. The van der Waals surface area contributed by atoms with Gasteiger partial charge in [-0.1, -0.05) is 26.0 Å². The number of nitrogens with one attached hydrogen (secondary N) is 1. The average molecular weight is 278 g/mol. The lowest BCUT2D eigenvalue weighted by Gasteiger charge is -2.13. The second-order valence-corrected chi connectivity index (χ2v) is 4.65. The molecule has 1 amide bonds. The summed E-state index contributed by atoms with van der Waals surface area (Å²) in [5.74, 6) is -0.817. The molecule has 5 heteroatoms. The van der Waals surface area contributed by atoms with Crippen LogP contribution in [-0.4, -0.2) is 24.5 Å². The molecule has 0 spiro atoms. The predicted octanol–water partition coefficient (Wildman–Crippen LogP) is 2.03. The van der Waals surface area contributed by atoms with Gasteiger partial charge in [0.15, 0.2) is 6.04 Å². The molecule has 0 fully saturated rings. The van der Waals surface area contributed by atoms with Crippen molar-refractivity contribution >= 4 is 17.6 Å². The van der Waals surface area contributed by atoms with Gasteiger partial charge in [0.1, 0.15) is 0 Å². The van der Waals surface area contributed by atoms with Gasteiger partial charge in [-0.15, -0.1) is 0 Å². The molecule has 20 heavy (non-hydrogen) atoms. The molecule has 0 heterocycles. The quantitative estimate of drug-likeness (QED) is 0.616. The molecule has 2 atom stereocenters. The molecule has 1 aromatic carbocycles. The van der Waals surface area contributed by atoms with Gasteiger partial charge in [-0.2, -0.15) is 0 Å². The molecule has 0 bridgehead atoms. The van der Waals surface area contributed by atoms with Crippen molar-refractivity contribution in [3.05, 3.63) is 29.8 Å². The maximum Gasteiger partial charge on any atom is 0.332 e. The third-order valence-corrected chi connectivity index (χ3v) is 3.18. The van der Waals surface area contributed by atoms with E-state index in [1.54, 1.807) is 19.1 Å². The Morgan fingerprint density at radius 2 is 1.85 bits per heavy atom. The Morgan fingerprint density at radius 1 is 1.25 bits per heavy atom. The number of amides is 1. The molecule has 0 saturated heterocycles. The molecule has 0 aromatic heterocycles. The van der Waals surface area contributed by atoms with E-state index in [0.717, 1.165) is 6.42 Å². The number of nitrogens with two attached hydrogens (primary N) is 1. The van der Waals surface area contributed by atoms with Crippen LogP contribution in [0.15, 0.2) is 24.3 Å². The molecule has 0 saturated carbocycles. The number of benzene rings is 1. The number of hydrogen-bond donors (Lipinski definition) is 2. The van der Waals surface area contributed by atoms with E-state index in [1.165, 1.54) is 5.56 Å². The number of anilines is 1. The summed E-state index contributed by atoms with van der Waals surface area (Å²) < 4.78 is 4.70. The highest BCUT2D eigenvalue weighted by Crippen LogP contribution is 2.20. The highest BCUT2D eigenvalue weighted by atomic mass is 16.5. The van der Waals surface area contributed by atoms with Crippen LogP contribution >= 0.6 is 0 Å². The minimum absolute atomic E-state index is 0.198. The number of esters is 1. The van der Waals surface area contributed by atoms with E-state index in [-0.39, 0.29) is 6.61 Å². The first-order chi connectivity index (χ1) is 9.49. The highest BCUT2D eigenvalue weighted by Gasteiger charge is 2.23. The van der Waals surface area contributed by atoms with Crippen molar-refractivity contribution in [3.63, 3.8) is 0 Å². The Balaban J connectivity index is 2.64. The number of hydrogen-bond acceptors (Lipinski definition) is 4. The van der Waals surface area contributed by atoms with Gasteiger partial charge in [-0.25, -0.2) is 4.79 Å². The summed E-state index contributed by atoms with van der Waals surface area (Å²) in [6, 6.07) is 6.22. The predicted molar refractivity (Wildman–Crippen MR) is 78.4 cm³/mol. The van der Waals surface area contributed by atoms with E-state index in [1.807, 2.05) is 12.1 Å². The van der Waals surface area contributed by atoms with Gasteiger partial charge in [0.25, 0.3) is 5.91 Å². The van der Waals surface area contributed by atoms with Crippen LogP contribution in [-0.2, 0) is 14.3 Å². The van der Waals surface area contributed by atoms with Crippen LogP contribution < -0.4 is 11.1 Å². The van der Waals surface area contributed by atoms with Crippen molar-refractivity contribution in [2.75, 3.05) is 11.9 Å². The zero-order valence-electron chi connectivity index (χ0n) is 12.2. The van der Waals surface area contributed by atoms with Crippen LogP contribution in [0.3, 0.4) is 0 Å². The molecule has 0 aliphatic carbocycles. The van der Waals surface area contributed by atoms with Gasteiger partial charge >= 0.3 is 5.97 Å². The highest BCUT2D eigenvalue weighted by molar-refractivity contribution is 6.08. The molecule has 0 aliphatic heterocycles. The van der Waals surface area contributed by atoms with Crippen molar-refractivity contribution < 1.29 is 14.3 Å². The molecular formula is C15H22N2O3. The minimum Gasteiger partial charge on any atom is -0.464 e. The fraction of sp³-hybridized carbons (Fsp3) is 0.467. The molecule has 2 unspecified atom stereocenters. The molecule has 1 rings (SSSR count). The Labute approximate surface area is 119 Å². The Kier molecular flexibility index (Phi) is 6.18.